The molecule has 110 valence electrons. The van der Waals surface area contributed by atoms with Crippen molar-refractivity contribution < 1.29 is 4.79 Å². The summed E-state index contributed by atoms with van der Waals surface area (Å²) in [6.07, 6.45) is 0. The highest BCUT2D eigenvalue weighted by molar-refractivity contribution is 6.30. The zero-order valence-electron chi connectivity index (χ0n) is 12.4. The van der Waals surface area contributed by atoms with Crippen molar-refractivity contribution in [2.24, 2.45) is 0 Å². The van der Waals surface area contributed by atoms with Crippen LogP contribution in [0.2, 0.25) is 5.02 Å². The Morgan fingerprint density at radius 3 is 2.62 bits per heavy atom. The first kappa shape index (κ1) is 15.4. The van der Waals surface area contributed by atoms with E-state index in [1.807, 2.05) is 49.4 Å². The van der Waals surface area contributed by atoms with Crippen molar-refractivity contribution in [1.82, 2.24) is 0 Å². The van der Waals surface area contributed by atoms with Crippen LogP contribution in [0.1, 0.15) is 31.0 Å². The molecule has 3 nitrogen and oxygen atoms in total. The maximum atomic E-state index is 11.2. The van der Waals surface area contributed by atoms with E-state index in [2.05, 4.69) is 17.6 Å². The Labute approximate surface area is 130 Å². The number of hydrogen-bond donors (Lipinski definition) is 2. The SMILES string of the molecule is CC(=O)Nc1cc(NC(C)c2cccc(Cl)c2)ccc1C. The molecule has 0 aliphatic heterocycles. The van der Waals surface area contributed by atoms with Gasteiger partial charge in [0.2, 0.25) is 5.91 Å². The van der Waals surface area contributed by atoms with Crippen molar-refractivity contribution in [1.29, 1.82) is 0 Å². The third kappa shape index (κ3) is 4.23. The number of rotatable bonds is 4. The van der Waals surface area contributed by atoms with Gasteiger partial charge in [-0.2, -0.15) is 0 Å². The van der Waals surface area contributed by atoms with E-state index in [1.165, 1.54) is 6.92 Å². The fourth-order valence-electron chi connectivity index (χ4n) is 2.15. The van der Waals surface area contributed by atoms with Crippen LogP contribution in [0, 0.1) is 6.92 Å². The standard InChI is InChI=1S/C17H19ClN2O/c1-11-7-8-16(10-17(11)20-13(3)21)19-12(2)14-5-4-6-15(18)9-14/h4-10,12,19H,1-3H3,(H,20,21). The van der Waals surface area contributed by atoms with Crippen LogP contribution in [0.4, 0.5) is 11.4 Å². The lowest BCUT2D eigenvalue weighted by Gasteiger charge is -2.17. The number of nitrogens with one attached hydrogen (secondary N) is 2. The number of aryl methyl sites for hydroxylation is 1. The van der Waals surface area contributed by atoms with Gasteiger partial charge in [-0.15, -0.1) is 0 Å². The quantitative estimate of drug-likeness (QED) is 0.853. The first-order chi connectivity index (χ1) is 9.95. The predicted molar refractivity (Wildman–Crippen MR) is 89.0 cm³/mol. The Morgan fingerprint density at radius 2 is 1.95 bits per heavy atom. The van der Waals surface area contributed by atoms with E-state index < -0.39 is 0 Å². The summed E-state index contributed by atoms with van der Waals surface area (Å²) in [5.74, 6) is -0.0712. The molecule has 0 aliphatic carbocycles. The fraction of sp³-hybridized carbons (Fsp3) is 0.235. The van der Waals surface area contributed by atoms with Crippen LogP contribution in [-0.2, 0) is 4.79 Å². The van der Waals surface area contributed by atoms with Crippen LogP contribution < -0.4 is 10.6 Å². The highest BCUT2D eigenvalue weighted by Crippen LogP contribution is 2.25. The molecule has 0 bridgehead atoms. The molecule has 1 amide bonds. The third-order valence-electron chi connectivity index (χ3n) is 3.28. The molecule has 0 saturated heterocycles. The maximum Gasteiger partial charge on any atom is 0.221 e. The minimum atomic E-state index is -0.0712. The molecule has 0 spiro atoms. The summed E-state index contributed by atoms with van der Waals surface area (Å²) in [4.78, 5) is 11.2. The van der Waals surface area contributed by atoms with Gasteiger partial charge in [0.1, 0.15) is 0 Å². The van der Waals surface area contributed by atoms with E-state index >= 15 is 0 Å². The van der Waals surface area contributed by atoms with E-state index in [-0.39, 0.29) is 11.9 Å². The molecule has 0 aliphatic rings. The van der Waals surface area contributed by atoms with Gasteiger partial charge in [-0.1, -0.05) is 29.8 Å². The third-order valence-corrected chi connectivity index (χ3v) is 3.52. The minimum absolute atomic E-state index is 0.0712. The summed E-state index contributed by atoms with van der Waals surface area (Å²) < 4.78 is 0. The van der Waals surface area contributed by atoms with Gasteiger partial charge >= 0.3 is 0 Å². The summed E-state index contributed by atoms with van der Waals surface area (Å²) in [5, 5.41) is 6.98. The number of amides is 1. The molecule has 0 aromatic heterocycles. The largest absolute Gasteiger partial charge is 0.378 e. The summed E-state index contributed by atoms with van der Waals surface area (Å²) in [6.45, 7) is 5.55. The predicted octanol–water partition coefficient (Wildman–Crippen LogP) is 4.78. The minimum Gasteiger partial charge on any atom is -0.378 e. The van der Waals surface area contributed by atoms with Gasteiger partial charge in [-0.05, 0) is 49.2 Å². The smallest absolute Gasteiger partial charge is 0.221 e. The van der Waals surface area contributed by atoms with Crippen molar-refractivity contribution in [3.05, 3.63) is 58.6 Å². The molecule has 2 rings (SSSR count). The molecule has 1 unspecified atom stereocenters. The van der Waals surface area contributed by atoms with E-state index in [9.17, 15) is 4.79 Å². The maximum absolute atomic E-state index is 11.2. The van der Waals surface area contributed by atoms with Gasteiger partial charge < -0.3 is 10.6 Å². The van der Waals surface area contributed by atoms with Crippen LogP contribution in [-0.4, -0.2) is 5.91 Å². The molecule has 0 radical (unpaired) electrons. The fourth-order valence-corrected chi connectivity index (χ4v) is 2.34. The summed E-state index contributed by atoms with van der Waals surface area (Å²) in [5.41, 5.74) is 3.93. The average molecular weight is 303 g/mol. The van der Waals surface area contributed by atoms with E-state index in [0.29, 0.717) is 0 Å². The Kier molecular flexibility index (Phi) is 4.86. The van der Waals surface area contributed by atoms with Crippen molar-refractivity contribution in [2.75, 3.05) is 10.6 Å². The second-order valence-corrected chi connectivity index (χ2v) is 5.57. The summed E-state index contributed by atoms with van der Waals surface area (Å²) in [6, 6.07) is 13.8. The van der Waals surface area contributed by atoms with Gasteiger partial charge in [0.25, 0.3) is 0 Å². The Hall–Kier alpha value is -2.00. The Morgan fingerprint density at radius 1 is 1.19 bits per heavy atom. The molecule has 0 fully saturated rings. The molecule has 1 atom stereocenters. The first-order valence-corrected chi connectivity index (χ1v) is 7.24. The van der Waals surface area contributed by atoms with Gasteiger partial charge in [-0.25, -0.2) is 0 Å². The van der Waals surface area contributed by atoms with Crippen molar-refractivity contribution in [3.63, 3.8) is 0 Å². The lowest BCUT2D eigenvalue weighted by molar-refractivity contribution is -0.114. The zero-order chi connectivity index (χ0) is 15.4. The van der Waals surface area contributed by atoms with Crippen LogP contribution in [0.25, 0.3) is 0 Å². The highest BCUT2D eigenvalue weighted by Gasteiger charge is 2.07. The van der Waals surface area contributed by atoms with Gasteiger partial charge in [0, 0.05) is 29.4 Å². The molecule has 2 aromatic carbocycles. The van der Waals surface area contributed by atoms with Crippen LogP contribution >= 0.6 is 11.6 Å². The molecule has 0 heterocycles. The first-order valence-electron chi connectivity index (χ1n) is 6.86. The van der Waals surface area contributed by atoms with Gasteiger partial charge in [-0.3, -0.25) is 4.79 Å². The normalized spacial score (nSPS) is 11.8. The van der Waals surface area contributed by atoms with Crippen LogP contribution in [0.5, 0.6) is 0 Å². The number of carbonyl (C=O) groups is 1. The molecule has 2 N–H and O–H groups in total. The summed E-state index contributed by atoms with van der Waals surface area (Å²) in [7, 11) is 0. The molecular weight excluding hydrogens is 284 g/mol. The van der Waals surface area contributed by atoms with E-state index in [1.54, 1.807) is 0 Å². The molecule has 4 heteroatoms. The average Bonchev–Trinajstić information content (AvgIpc) is 2.42. The van der Waals surface area contributed by atoms with Crippen LogP contribution in [0.15, 0.2) is 42.5 Å². The van der Waals surface area contributed by atoms with Crippen molar-refractivity contribution >= 4 is 28.9 Å². The Bertz CT molecular complexity index is 655. The van der Waals surface area contributed by atoms with Crippen LogP contribution in [0.3, 0.4) is 0 Å². The number of halogens is 1. The van der Waals surface area contributed by atoms with Crippen molar-refractivity contribution in [2.45, 2.75) is 26.8 Å². The molecule has 2 aromatic rings. The Balaban J connectivity index is 2.17. The molecular formula is C17H19ClN2O. The van der Waals surface area contributed by atoms with Gasteiger partial charge in [0.15, 0.2) is 0 Å². The molecule has 21 heavy (non-hydrogen) atoms. The van der Waals surface area contributed by atoms with Gasteiger partial charge in [0.05, 0.1) is 0 Å². The van der Waals surface area contributed by atoms with E-state index in [0.717, 1.165) is 27.5 Å². The number of benzene rings is 2. The number of hydrogen-bond acceptors (Lipinski definition) is 2. The molecule has 0 saturated carbocycles. The topological polar surface area (TPSA) is 41.1 Å². The number of carbonyl (C=O) groups excluding carboxylic acids is 1. The second kappa shape index (κ2) is 6.64. The highest BCUT2D eigenvalue weighted by atomic mass is 35.5. The zero-order valence-corrected chi connectivity index (χ0v) is 13.2. The van der Waals surface area contributed by atoms with Crippen molar-refractivity contribution in [3.8, 4) is 0 Å². The second-order valence-electron chi connectivity index (χ2n) is 5.13. The van der Waals surface area contributed by atoms with E-state index in [4.69, 9.17) is 11.6 Å². The number of anilines is 2. The summed E-state index contributed by atoms with van der Waals surface area (Å²) >= 11 is 6.02. The lowest BCUT2D eigenvalue weighted by Crippen LogP contribution is -2.09. The monoisotopic (exact) mass is 302 g/mol. The lowest BCUT2D eigenvalue weighted by atomic mass is 10.1.